The highest BCUT2D eigenvalue weighted by atomic mass is 35.5. The summed E-state index contributed by atoms with van der Waals surface area (Å²) in [4.78, 5) is 0. The third-order valence-electron chi connectivity index (χ3n) is 3.27. The van der Waals surface area contributed by atoms with Crippen LogP contribution in [0.5, 0.6) is 11.5 Å². The summed E-state index contributed by atoms with van der Waals surface area (Å²) in [6.07, 6.45) is 0. The van der Waals surface area contributed by atoms with Crippen molar-refractivity contribution in [3.05, 3.63) is 55.5 Å². The van der Waals surface area contributed by atoms with Crippen molar-refractivity contribution >= 4 is 46.4 Å². The molecular weight excluding hydrogens is 370 g/mol. The Hall–Kier alpha value is -0.880. The molecule has 118 valence electrons. The van der Waals surface area contributed by atoms with Crippen molar-refractivity contribution < 1.29 is 10.2 Å². The Balaban J connectivity index is 2.54. The van der Waals surface area contributed by atoms with Gasteiger partial charge in [0.1, 0.15) is 11.5 Å². The first-order valence-corrected chi connectivity index (χ1v) is 7.61. The number of benzene rings is 2. The number of rotatable bonds is 3. The Morgan fingerprint density at radius 1 is 0.682 bits per heavy atom. The van der Waals surface area contributed by atoms with Gasteiger partial charge in [-0.1, -0.05) is 46.4 Å². The molecule has 2 aromatic rings. The van der Waals surface area contributed by atoms with Crippen LogP contribution in [0.25, 0.3) is 0 Å². The van der Waals surface area contributed by atoms with Crippen LogP contribution in [0.4, 0.5) is 0 Å². The average Bonchev–Trinajstić information content (AvgIpc) is 2.47. The molecule has 0 radical (unpaired) electrons. The van der Waals surface area contributed by atoms with Gasteiger partial charge >= 0.3 is 0 Å². The molecule has 6 N–H and O–H groups in total. The molecule has 2 aromatic carbocycles. The minimum atomic E-state index is -0.899. The van der Waals surface area contributed by atoms with Crippen molar-refractivity contribution in [3.8, 4) is 11.5 Å². The maximum Gasteiger partial charge on any atom is 0.134 e. The second-order valence-electron chi connectivity index (χ2n) is 4.64. The lowest BCUT2D eigenvalue weighted by atomic mass is 9.94. The first-order valence-electron chi connectivity index (χ1n) is 6.10. The van der Waals surface area contributed by atoms with E-state index in [1.165, 1.54) is 24.3 Å². The van der Waals surface area contributed by atoms with Gasteiger partial charge in [0.25, 0.3) is 0 Å². The zero-order chi connectivity index (χ0) is 16.6. The van der Waals surface area contributed by atoms with Crippen LogP contribution in [0.2, 0.25) is 20.1 Å². The molecule has 0 spiro atoms. The van der Waals surface area contributed by atoms with E-state index in [9.17, 15) is 10.2 Å². The van der Waals surface area contributed by atoms with E-state index in [2.05, 4.69) is 0 Å². The molecule has 22 heavy (non-hydrogen) atoms. The zero-order valence-corrected chi connectivity index (χ0v) is 14.0. The highest BCUT2D eigenvalue weighted by molar-refractivity contribution is 6.37. The molecule has 0 aromatic heterocycles. The number of aromatic hydroxyl groups is 2. The zero-order valence-electron chi connectivity index (χ0n) is 11.0. The quantitative estimate of drug-likeness (QED) is 0.633. The maximum atomic E-state index is 9.70. The minimum absolute atomic E-state index is 0.00264. The molecule has 0 amide bonds. The second kappa shape index (κ2) is 6.71. The largest absolute Gasteiger partial charge is 0.506 e. The molecule has 0 saturated carbocycles. The van der Waals surface area contributed by atoms with Gasteiger partial charge in [-0.15, -0.1) is 0 Å². The van der Waals surface area contributed by atoms with Crippen molar-refractivity contribution in [2.75, 3.05) is 0 Å². The third kappa shape index (κ3) is 3.08. The van der Waals surface area contributed by atoms with Crippen molar-refractivity contribution in [1.82, 2.24) is 0 Å². The summed E-state index contributed by atoms with van der Waals surface area (Å²) in [6.45, 7) is 0. The Labute approximate surface area is 147 Å². The van der Waals surface area contributed by atoms with E-state index >= 15 is 0 Å². The Bertz CT molecular complexity index is 663. The molecule has 0 aliphatic carbocycles. The minimum Gasteiger partial charge on any atom is -0.506 e. The number of phenols is 2. The number of phenolic OH excluding ortho intramolecular Hbond substituents is 2. The summed E-state index contributed by atoms with van der Waals surface area (Å²) in [5.41, 5.74) is 12.8. The van der Waals surface area contributed by atoms with Crippen molar-refractivity contribution in [3.63, 3.8) is 0 Å². The SMILES string of the molecule is N[C@@H](c1c(Cl)ccc(O)c1Cl)[C@@H](N)c1c(Cl)ccc(O)c1Cl. The second-order valence-corrected chi connectivity index (χ2v) is 6.21. The van der Waals surface area contributed by atoms with Crippen LogP contribution in [-0.2, 0) is 0 Å². The molecule has 0 unspecified atom stereocenters. The lowest BCUT2D eigenvalue weighted by Crippen LogP contribution is -2.27. The molecule has 8 heteroatoms. The van der Waals surface area contributed by atoms with Crippen LogP contribution in [0.15, 0.2) is 24.3 Å². The summed E-state index contributed by atoms with van der Waals surface area (Å²) in [5, 5.41) is 19.9. The Morgan fingerprint density at radius 3 is 1.32 bits per heavy atom. The van der Waals surface area contributed by atoms with Crippen molar-refractivity contribution in [2.45, 2.75) is 12.1 Å². The monoisotopic (exact) mass is 380 g/mol. The van der Waals surface area contributed by atoms with Crippen molar-refractivity contribution in [1.29, 1.82) is 0 Å². The predicted molar refractivity (Wildman–Crippen MR) is 90.1 cm³/mol. The van der Waals surface area contributed by atoms with Gasteiger partial charge in [-0.25, -0.2) is 0 Å². The fraction of sp³-hybridized carbons (Fsp3) is 0.143. The van der Waals surface area contributed by atoms with Crippen LogP contribution >= 0.6 is 46.4 Å². The number of halogens is 4. The van der Waals surface area contributed by atoms with Gasteiger partial charge in [-0.3, -0.25) is 0 Å². The van der Waals surface area contributed by atoms with E-state index < -0.39 is 12.1 Å². The normalized spacial score (nSPS) is 13.9. The molecule has 4 nitrogen and oxygen atoms in total. The summed E-state index contributed by atoms with van der Waals surface area (Å²) < 4.78 is 0. The third-order valence-corrected chi connectivity index (χ3v) is 4.72. The van der Waals surface area contributed by atoms with Gasteiger partial charge in [0.2, 0.25) is 0 Å². The van der Waals surface area contributed by atoms with E-state index in [1.807, 2.05) is 0 Å². The van der Waals surface area contributed by atoms with E-state index in [0.717, 1.165) is 0 Å². The number of hydrogen-bond donors (Lipinski definition) is 4. The average molecular weight is 382 g/mol. The van der Waals surface area contributed by atoms with Crippen LogP contribution in [0, 0.1) is 0 Å². The van der Waals surface area contributed by atoms with Crippen LogP contribution in [0.1, 0.15) is 23.2 Å². The summed E-state index contributed by atoms with van der Waals surface area (Å²) in [7, 11) is 0. The smallest absolute Gasteiger partial charge is 0.134 e. The number of hydrogen-bond acceptors (Lipinski definition) is 4. The summed E-state index contributed by atoms with van der Waals surface area (Å²) in [6, 6.07) is 3.81. The molecule has 0 saturated heterocycles. The maximum absolute atomic E-state index is 9.70. The lowest BCUT2D eigenvalue weighted by Gasteiger charge is -2.24. The molecule has 0 bridgehead atoms. The first-order chi connectivity index (χ1) is 10.3. The number of nitrogens with two attached hydrogens (primary N) is 2. The fourth-order valence-corrected chi connectivity index (χ4v) is 3.33. The van der Waals surface area contributed by atoms with Crippen LogP contribution in [0.3, 0.4) is 0 Å². The van der Waals surface area contributed by atoms with E-state index in [-0.39, 0.29) is 42.7 Å². The van der Waals surface area contributed by atoms with Gasteiger partial charge in [-0.2, -0.15) is 0 Å². The van der Waals surface area contributed by atoms with E-state index in [4.69, 9.17) is 57.9 Å². The van der Waals surface area contributed by atoms with Crippen molar-refractivity contribution in [2.24, 2.45) is 11.5 Å². The van der Waals surface area contributed by atoms with Gasteiger partial charge in [-0.05, 0) is 24.3 Å². The predicted octanol–water partition coefficient (Wildman–Crippen LogP) is 4.41. The Kier molecular flexibility index (Phi) is 5.33. The highest BCUT2D eigenvalue weighted by Crippen LogP contribution is 2.43. The Morgan fingerprint density at radius 2 is 1.00 bits per heavy atom. The van der Waals surface area contributed by atoms with Gasteiger partial charge in [0, 0.05) is 21.2 Å². The molecule has 2 atom stereocenters. The van der Waals surface area contributed by atoms with Crippen LogP contribution in [-0.4, -0.2) is 10.2 Å². The van der Waals surface area contributed by atoms with Gasteiger partial charge in [0.15, 0.2) is 0 Å². The molecule has 0 heterocycles. The highest BCUT2D eigenvalue weighted by Gasteiger charge is 2.27. The van der Waals surface area contributed by atoms with Gasteiger partial charge < -0.3 is 21.7 Å². The standard InChI is InChI=1S/C14H12Cl4N2O2/c15-5-1-3-7(21)11(17)9(5)13(19)14(20)10-6(16)2-4-8(22)12(10)18/h1-4,13-14,21-22H,19-20H2/t13-,14-/m0/s1. The first kappa shape index (κ1) is 17.5. The lowest BCUT2D eigenvalue weighted by molar-refractivity contribution is 0.469. The topological polar surface area (TPSA) is 92.5 Å². The molecule has 0 fully saturated rings. The molecule has 0 aliphatic rings. The molecular formula is C14H12Cl4N2O2. The van der Waals surface area contributed by atoms with E-state index in [0.29, 0.717) is 0 Å². The summed E-state index contributed by atoms with van der Waals surface area (Å²) in [5.74, 6) is -0.339. The fourth-order valence-electron chi connectivity index (χ4n) is 2.09. The summed E-state index contributed by atoms with van der Waals surface area (Å²) >= 11 is 24.3. The molecule has 0 aliphatic heterocycles. The van der Waals surface area contributed by atoms with Crippen LogP contribution < -0.4 is 11.5 Å². The molecule has 2 rings (SSSR count). The van der Waals surface area contributed by atoms with Gasteiger partial charge in [0.05, 0.1) is 22.1 Å². The van der Waals surface area contributed by atoms with E-state index in [1.54, 1.807) is 0 Å².